The number of ether oxygens (including phenoxy) is 1. The molecule has 3 fully saturated rings. The van der Waals surface area contributed by atoms with E-state index in [1.54, 1.807) is 0 Å². The summed E-state index contributed by atoms with van der Waals surface area (Å²) in [6.07, 6.45) is 4.76. The molecule has 1 amide bonds. The highest BCUT2D eigenvalue weighted by atomic mass is 16.5. The van der Waals surface area contributed by atoms with E-state index in [9.17, 15) is 4.79 Å². The van der Waals surface area contributed by atoms with Crippen LogP contribution in [0.2, 0.25) is 0 Å². The molecule has 0 atom stereocenters. The Balaban J connectivity index is 1.65. The van der Waals surface area contributed by atoms with Crippen LogP contribution in [0, 0.1) is 5.92 Å². The van der Waals surface area contributed by atoms with E-state index < -0.39 is 0 Å². The third-order valence-corrected chi connectivity index (χ3v) is 6.44. The number of guanidine groups is 1. The van der Waals surface area contributed by atoms with E-state index in [0.29, 0.717) is 0 Å². The van der Waals surface area contributed by atoms with Gasteiger partial charge in [0.1, 0.15) is 0 Å². The van der Waals surface area contributed by atoms with Crippen LogP contribution in [0.15, 0.2) is 4.99 Å². The number of nitrogens with one attached hydrogen (secondary N) is 1. The van der Waals surface area contributed by atoms with Gasteiger partial charge in [0.2, 0.25) is 5.91 Å². The van der Waals surface area contributed by atoms with E-state index in [1.165, 1.54) is 25.9 Å². The van der Waals surface area contributed by atoms with Crippen molar-refractivity contribution in [2.45, 2.75) is 52.0 Å². The van der Waals surface area contributed by atoms with Gasteiger partial charge in [-0.15, -0.1) is 0 Å². The molecule has 0 aliphatic carbocycles. The van der Waals surface area contributed by atoms with Crippen molar-refractivity contribution in [2.75, 3.05) is 65.6 Å². The Morgan fingerprint density at radius 3 is 2.21 bits per heavy atom. The normalized spacial score (nSPS) is 24.1. The summed E-state index contributed by atoms with van der Waals surface area (Å²) < 4.78 is 5.67. The van der Waals surface area contributed by atoms with Gasteiger partial charge in [-0.25, -0.2) is 0 Å². The monoisotopic (exact) mass is 393 g/mol. The minimum atomic E-state index is 0.0716. The van der Waals surface area contributed by atoms with Crippen molar-refractivity contribution in [2.24, 2.45) is 10.9 Å². The van der Waals surface area contributed by atoms with E-state index in [2.05, 4.69) is 22.0 Å². The van der Waals surface area contributed by atoms with Gasteiger partial charge < -0.3 is 19.9 Å². The molecule has 28 heavy (non-hydrogen) atoms. The van der Waals surface area contributed by atoms with Gasteiger partial charge >= 0.3 is 0 Å². The predicted molar refractivity (Wildman–Crippen MR) is 113 cm³/mol. The lowest BCUT2D eigenvalue weighted by Gasteiger charge is -2.44. The average molecular weight is 394 g/mol. The summed E-state index contributed by atoms with van der Waals surface area (Å²) in [5.41, 5.74) is 0.158. The zero-order valence-electron chi connectivity index (χ0n) is 18.1. The number of likely N-dealkylation sites (tertiary alicyclic amines) is 1. The summed E-state index contributed by atoms with van der Waals surface area (Å²) in [6, 6.07) is 0. The van der Waals surface area contributed by atoms with E-state index in [4.69, 9.17) is 9.73 Å². The van der Waals surface area contributed by atoms with E-state index >= 15 is 0 Å². The first-order valence-corrected chi connectivity index (χ1v) is 11.2. The largest absolute Gasteiger partial charge is 0.381 e. The number of nitrogens with zero attached hydrogens (tertiary/aromatic N) is 4. The van der Waals surface area contributed by atoms with Crippen molar-refractivity contribution in [3.8, 4) is 0 Å². The molecule has 1 N–H and O–H groups in total. The number of carbonyl (C=O) groups is 1. The molecule has 3 aliphatic rings. The van der Waals surface area contributed by atoms with Crippen LogP contribution in [-0.2, 0) is 9.53 Å². The van der Waals surface area contributed by atoms with Crippen molar-refractivity contribution in [3.63, 3.8) is 0 Å². The molecule has 3 saturated heterocycles. The molecule has 160 valence electrons. The Bertz CT molecular complexity index is 531. The van der Waals surface area contributed by atoms with Crippen molar-refractivity contribution < 1.29 is 9.53 Å². The third-order valence-electron chi connectivity index (χ3n) is 6.44. The zero-order valence-corrected chi connectivity index (χ0v) is 18.1. The summed E-state index contributed by atoms with van der Waals surface area (Å²) in [4.78, 5) is 24.4. The molecule has 0 unspecified atom stereocenters. The standard InChI is InChI=1S/C21H39N5O2/c1-4-22-20(25-13-11-24(12-14-25)19(27)18(2)3)23-17-21(7-15-28-16-8-21)26-9-5-6-10-26/h18H,4-17H2,1-3H3,(H,22,23). The summed E-state index contributed by atoms with van der Waals surface area (Å²) in [6.45, 7) is 15.1. The molecule has 0 saturated carbocycles. The summed E-state index contributed by atoms with van der Waals surface area (Å²) in [5, 5.41) is 3.49. The maximum absolute atomic E-state index is 12.3. The van der Waals surface area contributed by atoms with Gasteiger partial charge in [0, 0.05) is 57.4 Å². The van der Waals surface area contributed by atoms with Crippen molar-refractivity contribution >= 4 is 11.9 Å². The summed E-state index contributed by atoms with van der Waals surface area (Å²) in [7, 11) is 0. The van der Waals surface area contributed by atoms with Gasteiger partial charge in [-0.1, -0.05) is 13.8 Å². The fourth-order valence-corrected chi connectivity index (χ4v) is 4.67. The van der Waals surface area contributed by atoms with Crippen LogP contribution >= 0.6 is 0 Å². The lowest BCUT2D eigenvalue weighted by Crippen LogP contribution is -2.56. The molecule has 0 aromatic rings. The van der Waals surface area contributed by atoms with Gasteiger partial charge in [0.15, 0.2) is 5.96 Å². The molecule has 0 aromatic heterocycles. The Morgan fingerprint density at radius 1 is 1.04 bits per heavy atom. The average Bonchev–Trinajstić information content (AvgIpc) is 3.27. The predicted octanol–water partition coefficient (Wildman–Crippen LogP) is 1.40. The van der Waals surface area contributed by atoms with Crippen LogP contribution in [0.4, 0.5) is 0 Å². The minimum absolute atomic E-state index is 0.0716. The molecule has 3 rings (SSSR count). The Hall–Kier alpha value is -1.34. The second-order valence-corrected chi connectivity index (χ2v) is 8.67. The smallest absolute Gasteiger partial charge is 0.225 e. The third kappa shape index (κ3) is 4.98. The molecule has 7 nitrogen and oxygen atoms in total. The molecular formula is C21H39N5O2. The van der Waals surface area contributed by atoms with Gasteiger partial charge in [-0.05, 0) is 45.7 Å². The van der Waals surface area contributed by atoms with Crippen LogP contribution in [0.3, 0.4) is 0 Å². The first-order valence-electron chi connectivity index (χ1n) is 11.2. The topological polar surface area (TPSA) is 60.4 Å². The molecule has 0 aromatic carbocycles. The highest BCUT2D eigenvalue weighted by Gasteiger charge is 2.39. The second kappa shape index (κ2) is 9.92. The quantitative estimate of drug-likeness (QED) is 0.565. The lowest BCUT2D eigenvalue weighted by atomic mass is 9.88. The molecule has 0 bridgehead atoms. The van der Waals surface area contributed by atoms with Crippen molar-refractivity contribution in [1.29, 1.82) is 0 Å². The second-order valence-electron chi connectivity index (χ2n) is 8.67. The number of hydrogen-bond donors (Lipinski definition) is 1. The van der Waals surface area contributed by atoms with Crippen LogP contribution in [0.25, 0.3) is 0 Å². The van der Waals surface area contributed by atoms with Gasteiger partial charge in [0.25, 0.3) is 0 Å². The maximum Gasteiger partial charge on any atom is 0.225 e. The van der Waals surface area contributed by atoms with Crippen LogP contribution in [0.1, 0.15) is 46.5 Å². The molecule has 3 aliphatic heterocycles. The van der Waals surface area contributed by atoms with Crippen LogP contribution in [-0.4, -0.2) is 97.7 Å². The van der Waals surface area contributed by atoms with E-state index in [-0.39, 0.29) is 17.4 Å². The number of carbonyl (C=O) groups excluding carboxylic acids is 1. The fraction of sp³-hybridized carbons (Fsp3) is 0.905. The first-order chi connectivity index (χ1) is 13.6. The number of amides is 1. The molecule has 3 heterocycles. The summed E-state index contributed by atoms with van der Waals surface area (Å²) in [5.74, 6) is 1.34. The summed E-state index contributed by atoms with van der Waals surface area (Å²) >= 11 is 0. The maximum atomic E-state index is 12.3. The van der Waals surface area contributed by atoms with Crippen LogP contribution < -0.4 is 5.32 Å². The number of aliphatic imine (C=N–C) groups is 1. The Morgan fingerprint density at radius 2 is 1.64 bits per heavy atom. The number of rotatable bonds is 5. The molecular weight excluding hydrogens is 354 g/mol. The zero-order chi connectivity index (χ0) is 20.0. The Labute approximate surface area is 170 Å². The lowest BCUT2D eigenvalue weighted by molar-refractivity contribution is -0.135. The highest BCUT2D eigenvalue weighted by molar-refractivity contribution is 5.81. The molecule has 7 heteroatoms. The van der Waals surface area contributed by atoms with Gasteiger partial charge in [0.05, 0.1) is 6.54 Å². The van der Waals surface area contributed by atoms with E-state index in [1.807, 2.05) is 18.7 Å². The highest BCUT2D eigenvalue weighted by Crippen LogP contribution is 2.31. The first kappa shape index (κ1) is 21.4. The minimum Gasteiger partial charge on any atom is -0.381 e. The molecule has 0 spiro atoms. The SMILES string of the molecule is CCNC(=NCC1(N2CCCC2)CCOCC1)N1CCN(C(=O)C(C)C)CC1. The van der Waals surface area contributed by atoms with Gasteiger partial charge in [-0.2, -0.15) is 0 Å². The van der Waals surface area contributed by atoms with E-state index in [0.717, 1.165) is 71.3 Å². The van der Waals surface area contributed by atoms with Crippen LogP contribution in [0.5, 0.6) is 0 Å². The van der Waals surface area contributed by atoms with Crippen molar-refractivity contribution in [1.82, 2.24) is 20.0 Å². The number of hydrogen-bond acceptors (Lipinski definition) is 4. The fourth-order valence-electron chi connectivity index (χ4n) is 4.67. The Kier molecular flexibility index (Phi) is 7.57. The van der Waals surface area contributed by atoms with Crippen molar-refractivity contribution in [3.05, 3.63) is 0 Å². The van der Waals surface area contributed by atoms with Gasteiger partial charge in [-0.3, -0.25) is 14.7 Å². The number of piperazine rings is 1. The molecule has 0 radical (unpaired) electrons.